The summed E-state index contributed by atoms with van der Waals surface area (Å²) in [6, 6.07) is 0. The monoisotopic (exact) mass is 849 g/mol. The van der Waals surface area contributed by atoms with Gasteiger partial charge in [-0.15, -0.1) is 0 Å². The molecule has 0 aliphatic rings. The zero-order chi connectivity index (χ0) is 44.2. The predicted octanol–water partition coefficient (Wildman–Crippen LogP) is 17.2. The highest BCUT2D eigenvalue weighted by Gasteiger charge is 2.19. The first-order chi connectivity index (χ1) is 29.1. The molecule has 6 nitrogen and oxygen atoms in total. The van der Waals surface area contributed by atoms with E-state index in [4.69, 9.17) is 14.2 Å². The van der Waals surface area contributed by atoms with Crippen molar-refractivity contribution < 1.29 is 28.6 Å². The molecule has 0 fully saturated rings. The van der Waals surface area contributed by atoms with Crippen LogP contribution in [0.5, 0.6) is 0 Å². The Morgan fingerprint density at radius 3 is 0.867 bits per heavy atom. The predicted molar refractivity (Wildman–Crippen MR) is 256 cm³/mol. The van der Waals surface area contributed by atoms with Crippen LogP contribution in [0.25, 0.3) is 0 Å². The molecule has 1 unspecified atom stereocenters. The smallest absolute Gasteiger partial charge is 0.306 e. The lowest BCUT2D eigenvalue weighted by molar-refractivity contribution is -0.167. The molecule has 0 aromatic rings. The maximum absolute atomic E-state index is 12.7. The fraction of sp³-hybridized carbons (Fsp3) is 0.944. The van der Waals surface area contributed by atoms with Crippen LogP contribution in [0.4, 0.5) is 0 Å². The summed E-state index contributed by atoms with van der Waals surface area (Å²) < 4.78 is 16.8. The van der Waals surface area contributed by atoms with Gasteiger partial charge in [-0.1, -0.05) is 253 Å². The molecule has 0 amide bonds. The third kappa shape index (κ3) is 45.9. The minimum Gasteiger partial charge on any atom is -0.462 e. The van der Waals surface area contributed by atoms with Crippen LogP contribution in [-0.2, 0) is 28.6 Å². The zero-order valence-corrected chi connectivity index (χ0v) is 41.3. The fourth-order valence-electron chi connectivity index (χ4n) is 8.08. The summed E-state index contributed by atoms with van der Waals surface area (Å²) in [4.78, 5) is 37.8. The number of hydrogen-bond donors (Lipinski definition) is 0. The molecule has 0 rings (SSSR count). The van der Waals surface area contributed by atoms with Gasteiger partial charge in [-0.25, -0.2) is 0 Å². The molecule has 6 heteroatoms. The normalized spacial score (nSPS) is 12.6. The molecule has 0 heterocycles. The molecule has 60 heavy (non-hydrogen) atoms. The maximum atomic E-state index is 12.7. The quantitative estimate of drug-likeness (QED) is 0.0345. The van der Waals surface area contributed by atoms with E-state index < -0.39 is 6.10 Å². The number of ether oxygens (including phenoxy) is 3. The van der Waals surface area contributed by atoms with Gasteiger partial charge in [0.2, 0.25) is 0 Å². The number of esters is 3. The average molecular weight is 849 g/mol. The van der Waals surface area contributed by atoms with Crippen LogP contribution >= 0.6 is 0 Å². The van der Waals surface area contributed by atoms with E-state index in [2.05, 4.69) is 41.5 Å². The molecule has 0 bridgehead atoms. The van der Waals surface area contributed by atoms with Crippen LogP contribution in [0.15, 0.2) is 0 Å². The molecule has 0 radical (unpaired) electrons. The van der Waals surface area contributed by atoms with E-state index in [0.29, 0.717) is 19.3 Å². The molecule has 0 N–H and O–H groups in total. The molecule has 356 valence electrons. The van der Waals surface area contributed by atoms with Crippen LogP contribution in [0.1, 0.15) is 292 Å². The lowest BCUT2D eigenvalue weighted by Gasteiger charge is -2.18. The molecule has 0 aliphatic carbocycles. The summed E-state index contributed by atoms with van der Waals surface area (Å²) in [5, 5.41) is 0. The molecule has 0 spiro atoms. The summed E-state index contributed by atoms with van der Waals surface area (Å²) in [7, 11) is 0. The number of rotatable bonds is 47. The second-order valence-electron chi connectivity index (χ2n) is 19.7. The van der Waals surface area contributed by atoms with Crippen molar-refractivity contribution >= 4 is 17.9 Å². The van der Waals surface area contributed by atoms with Gasteiger partial charge in [-0.05, 0) is 37.0 Å². The fourth-order valence-corrected chi connectivity index (χ4v) is 8.08. The molecular formula is C54H104O6. The van der Waals surface area contributed by atoms with Crippen LogP contribution in [0, 0.1) is 17.8 Å². The van der Waals surface area contributed by atoms with Crippen molar-refractivity contribution in [3.8, 4) is 0 Å². The van der Waals surface area contributed by atoms with Crippen LogP contribution in [-0.4, -0.2) is 37.2 Å². The van der Waals surface area contributed by atoms with Crippen molar-refractivity contribution in [2.24, 2.45) is 17.8 Å². The van der Waals surface area contributed by atoms with E-state index in [1.807, 2.05) is 0 Å². The van der Waals surface area contributed by atoms with Gasteiger partial charge in [-0.3, -0.25) is 14.4 Å². The highest BCUT2D eigenvalue weighted by Crippen LogP contribution is 2.18. The SMILES string of the molecule is CCC(C)CCCCCCCCCCCCCCCCCCCCC(=O)OC[C@H](COC(=O)CCCCCCCCC(C)C)OC(=O)CCCCCCCCCCC(C)C. The first-order valence-electron chi connectivity index (χ1n) is 26.6. The third-order valence-corrected chi connectivity index (χ3v) is 12.5. The third-order valence-electron chi connectivity index (χ3n) is 12.5. The van der Waals surface area contributed by atoms with Crippen molar-refractivity contribution in [1.29, 1.82) is 0 Å². The van der Waals surface area contributed by atoms with Crippen molar-refractivity contribution in [2.45, 2.75) is 298 Å². The summed E-state index contributed by atoms with van der Waals surface area (Å²) in [5.74, 6) is 1.61. The van der Waals surface area contributed by atoms with E-state index in [1.165, 1.54) is 173 Å². The second kappa shape index (κ2) is 45.4. The number of carbonyl (C=O) groups excluding carboxylic acids is 3. The minimum absolute atomic E-state index is 0.0657. The van der Waals surface area contributed by atoms with Gasteiger partial charge < -0.3 is 14.2 Å². The van der Waals surface area contributed by atoms with Gasteiger partial charge >= 0.3 is 17.9 Å². The van der Waals surface area contributed by atoms with Crippen LogP contribution in [0.3, 0.4) is 0 Å². The first-order valence-corrected chi connectivity index (χ1v) is 26.6. The summed E-state index contributed by atoms with van der Waals surface area (Å²) in [5.41, 5.74) is 0. The van der Waals surface area contributed by atoms with Crippen molar-refractivity contribution in [1.82, 2.24) is 0 Å². The number of carbonyl (C=O) groups is 3. The Morgan fingerprint density at radius 1 is 0.333 bits per heavy atom. The van der Waals surface area contributed by atoms with E-state index in [1.54, 1.807) is 0 Å². The lowest BCUT2D eigenvalue weighted by Crippen LogP contribution is -2.30. The first kappa shape index (κ1) is 58.4. The molecular weight excluding hydrogens is 745 g/mol. The molecule has 0 saturated heterocycles. The summed E-state index contributed by atoms with van der Waals surface area (Å²) in [6.45, 7) is 13.7. The molecule has 0 saturated carbocycles. The number of unbranched alkanes of at least 4 members (excludes halogenated alkanes) is 29. The van der Waals surface area contributed by atoms with E-state index in [0.717, 1.165) is 75.5 Å². The van der Waals surface area contributed by atoms with Crippen LogP contribution < -0.4 is 0 Å². The topological polar surface area (TPSA) is 78.9 Å². The Hall–Kier alpha value is -1.59. The van der Waals surface area contributed by atoms with Gasteiger partial charge in [0.1, 0.15) is 13.2 Å². The zero-order valence-electron chi connectivity index (χ0n) is 41.3. The van der Waals surface area contributed by atoms with Gasteiger partial charge in [0.25, 0.3) is 0 Å². The summed E-state index contributed by atoms with van der Waals surface area (Å²) >= 11 is 0. The van der Waals surface area contributed by atoms with Crippen molar-refractivity contribution in [3.63, 3.8) is 0 Å². The highest BCUT2D eigenvalue weighted by molar-refractivity contribution is 5.71. The highest BCUT2D eigenvalue weighted by atomic mass is 16.6. The Kier molecular flexibility index (Phi) is 44.2. The van der Waals surface area contributed by atoms with Crippen molar-refractivity contribution in [3.05, 3.63) is 0 Å². The Labute approximate surface area is 374 Å². The maximum Gasteiger partial charge on any atom is 0.306 e. The molecule has 0 aliphatic heterocycles. The van der Waals surface area contributed by atoms with E-state index in [-0.39, 0.29) is 31.1 Å². The van der Waals surface area contributed by atoms with E-state index in [9.17, 15) is 14.4 Å². The lowest BCUT2D eigenvalue weighted by atomic mass is 9.99. The average Bonchev–Trinajstić information content (AvgIpc) is 3.22. The standard InChI is InChI=1S/C54H104O6/c1-7-50(6)42-36-30-23-18-16-14-12-10-8-9-11-13-15-17-19-24-31-37-43-52(55)58-46-51(47-59-53(56)44-38-32-27-26-29-35-41-49(4)5)60-54(57)45-39-33-25-21-20-22-28-34-40-48(2)3/h48-51H,7-47H2,1-6H3/t50?,51-/m1/s1. The van der Waals surface area contributed by atoms with E-state index >= 15 is 0 Å². The van der Waals surface area contributed by atoms with Gasteiger partial charge in [0, 0.05) is 19.3 Å². The Morgan fingerprint density at radius 2 is 0.583 bits per heavy atom. The Balaban J connectivity index is 4.15. The van der Waals surface area contributed by atoms with Crippen LogP contribution in [0.2, 0.25) is 0 Å². The molecule has 2 atom stereocenters. The van der Waals surface area contributed by atoms with Crippen molar-refractivity contribution in [2.75, 3.05) is 13.2 Å². The second-order valence-corrected chi connectivity index (χ2v) is 19.7. The van der Waals surface area contributed by atoms with Gasteiger partial charge in [-0.2, -0.15) is 0 Å². The van der Waals surface area contributed by atoms with Gasteiger partial charge in [0.05, 0.1) is 0 Å². The molecule has 0 aromatic carbocycles. The Bertz CT molecular complexity index is 931. The largest absolute Gasteiger partial charge is 0.462 e. The molecule has 0 aromatic heterocycles. The minimum atomic E-state index is -0.763. The summed E-state index contributed by atoms with van der Waals surface area (Å²) in [6.07, 6.45) is 45.4. The number of hydrogen-bond acceptors (Lipinski definition) is 6. The van der Waals surface area contributed by atoms with Gasteiger partial charge in [0.15, 0.2) is 6.10 Å².